The fourth-order valence-corrected chi connectivity index (χ4v) is 4.35. The maximum atomic E-state index is 5.98. The summed E-state index contributed by atoms with van der Waals surface area (Å²) >= 11 is 0. The van der Waals surface area contributed by atoms with E-state index in [1.807, 2.05) is 7.05 Å². The largest absolute Gasteiger partial charge is 0.381 e. The summed E-state index contributed by atoms with van der Waals surface area (Å²) in [5.41, 5.74) is 0.182. The van der Waals surface area contributed by atoms with Crippen LogP contribution in [0, 0.1) is 17.3 Å². The second kappa shape index (κ2) is 8.34. The van der Waals surface area contributed by atoms with Gasteiger partial charge in [-0.25, -0.2) is 0 Å². The quantitative estimate of drug-likeness (QED) is 0.405. The zero-order chi connectivity index (χ0) is 15.6. The minimum atomic E-state index is 0. The monoisotopic (exact) mass is 437 g/mol. The van der Waals surface area contributed by atoms with Crippen molar-refractivity contribution >= 4 is 29.9 Å². The van der Waals surface area contributed by atoms with E-state index in [-0.39, 0.29) is 29.4 Å². The Balaban J connectivity index is 0.00000192. The van der Waals surface area contributed by atoms with Crippen molar-refractivity contribution < 1.29 is 9.47 Å². The molecular weight excluding hydrogens is 405 g/mol. The van der Waals surface area contributed by atoms with Gasteiger partial charge in [-0.1, -0.05) is 13.8 Å². The van der Waals surface area contributed by atoms with Gasteiger partial charge in [0.1, 0.15) is 0 Å². The van der Waals surface area contributed by atoms with Crippen LogP contribution in [-0.4, -0.2) is 51.5 Å². The smallest absolute Gasteiger partial charge is 0.191 e. The highest BCUT2D eigenvalue weighted by molar-refractivity contribution is 14.0. The van der Waals surface area contributed by atoms with E-state index >= 15 is 0 Å². The Kier molecular flexibility index (Phi) is 6.98. The van der Waals surface area contributed by atoms with Crippen LogP contribution in [0.4, 0.5) is 0 Å². The van der Waals surface area contributed by atoms with Crippen LogP contribution in [0.25, 0.3) is 0 Å². The molecule has 0 aromatic carbocycles. The summed E-state index contributed by atoms with van der Waals surface area (Å²) in [6, 6.07) is 0.457. The van der Waals surface area contributed by atoms with Gasteiger partial charge in [0, 0.05) is 50.8 Å². The number of nitrogens with zero attached hydrogens (tertiary/aromatic N) is 1. The Morgan fingerprint density at radius 3 is 2.61 bits per heavy atom. The first-order valence-electron chi connectivity index (χ1n) is 8.79. The van der Waals surface area contributed by atoms with Crippen molar-refractivity contribution in [3.63, 3.8) is 0 Å². The van der Waals surface area contributed by atoms with Crippen molar-refractivity contribution in [2.75, 3.05) is 33.4 Å². The molecule has 2 saturated heterocycles. The van der Waals surface area contributed by atoms with E-state index < -0.39 is 0 Å². The van der Waals surface area contributed by atoms with Crippen molar-refractivity contribution in [3.8, 4) is 0 Å². The Labute approximate surface area is 157 Å². The third kappa shape index (κ3) is 4.12. The molecule has 0 radical (unpaired) electrons. The van der Waals surface area contributed by atoms with Crippen LogP contribution in [0.15, 0.2) is 4.99 Å². The molecule has 6 heteroatoms. The van der Waals surface area contributed by atoms with Gasteiger partial charge in [0.05, 0.1) is 6.10 Å². The third-order valence-electron chi connectivity index (χ3n) is 5.75. The molecule has 3 atom stereocenters. The number of fused-ring (bicyclic) bond motifs is 1. The van der Waals surface area contributed by atoms with E-state index in [1.54, 1.807) is 0 Å². The number of ether oxygens (including phenoxy) is 2. The molecule has 3 rings (SSSR count). The fourth-order valence-electron chi connectivity index (χ4n) is 4.35. The highest BCUT2D eigenvalue weighted by Crippen LogP contribution is 2.51. The molecule has 2 heterocycles. The van der Waals surface area contributed by atoms with E-state index in [4.69, 9.17) is 9.47 Å². The number of halogens is 1. The molecule has 0 spiro atoms. The second-order valence-electron chi connectivity index (χ2n) is 7.55. The predicted molar refractivity (Wildman–Crippen MR) is 103 cm³/mol. The van der Waals surface area contributed by atoms with Gasteiger partial charge in [0.25, 0.3) is 0 Å². The van der Waals surface area contributed by atoms with E-state index in [0.29, 0.717) is 24.0 Å². The predicted octanol–water partition coefficient (Wildman–Crippen LogP) is 2.40. The van der Waals surface area contributed by atoms with Crippen LogP contribution in [0.3, 0.4) is 0 Å². The molecule has 1 saturated carbocycles. The van der Waals surface area contributed by atoms with E-state index in [2.05, 4.69) is 29.5 Å². The molecule has 134 valence electrons. The van der Waals surface area contributed by atoms with Gasteiger partial charge in [-0.3, -0.25) is 4.99 Å². The minimum Gasteiger partial charge on any atom is -0.381 e. The summed E-state index contributed by atoms with van der Waals surface area (Å²) in [5, 5.41) is 7.17. The maximum Gasteiger partial charge on any atom is 0.191 e. The highest BCUT2D eigenvalue weighted by atomic mass is 127. The Morgan fingerprint density at radius 2 is 1.91 bits per heavy atom. The Bertz CT molecular complexity index is 411. The molecule has 5 nitrogen and oxygen atoms in total. The average Bonchev–Trinajstić information content (AvgIpc) is 2.56. The standard InChI is InChI=1S/C17H31N3O2.HI/c1-17(2)14(13-5-4-8-22-15(13)17)20-16(18-3)19-11-12-6-9-21-10-7-12;/h12-15H,4-11H2,1-3H3,(H2,18,19,20);1H. The molecule has 3 aliphatic rings. The summed E-state index contributed by atoms with van der Waals surface area (Å²) < 4.78 is 11.4. The summed E-state index contributed by atoms with van der Waals surface area (Å²) in [6.07, 6.45) is 5.16. The van der Waals surface area contributed by atoms with Gasteiger partial charge in [-0.2, -0.15) is 0 Å². The number of aliphatic imine (C=N–C) groups is 1. The number of rotatable bonds is 3. The van der Waals surface area contributed by atoms with Crippen molar-refractivity contribution in [1.29, 1.82) is 0 Å². The number of hydrogen-bond donors (Lipinski definition) is 2. The molecule has 2 N–H and O–H groups in total. The first-order valence-corrected chi connectivity index (χ1v) is 8.79. The maximum absolute atomic E-state index is 5.98. The first-order chi connectivity index (χ1) is 10.6. The lowest BCUT2D eigenvalue weighted by Crippen LogP contribution is -2.71. The van der Waals surface area contributed by atoms with Crippen LogP contribution in [0.5, 0.6) is 0 Å². The summed E-state index contributed by atoms with van der Waals surface area (Å²) in [4.78, 5) is 4.42. The lowest BCUT2D eigenvalue weighted by atomic mass is 9.55. The summed E-state index contributed by atoms with van der Waals surface area (Å²) in [7, 11) is 1.86. The molecule has 23 heavy (non-hydrogen) atoms. The van der Waals surface area contributed by atoms with Gasteiger partial charge < -0.3 is 20.1 Å². The third-order valence-corrected chi connectivity index (χ3v) is 5.75. The SMILES string of the molecule is CN=C(NCC1CCOCC1)NC1C2CCCOC2C1(C)C.I. The van der Waals surface area contributed by atoms with Gasteiger partial charge in [0.15, 0.2) is 5.96 Å². The van der Waals surface area contributed by atoms with E-state index in [1.165, 1.54) is 12.8 Å². The molecule has 3 unspecified atom stereocenters. The van der Waals surface area contributed by atoms with Crippen LogP contribution in [0.2, 0.25) is 0 Å². The molecular formula is C17H32IN3O2. The van der Waals surface area contributed by atoms with Crippen LogP contribution < -0.4 is 10.6 Å². The van der Waals surface area contributed by atoms with Crippen LogP contribution in [0.1, 0.15) is 39.5 Å². The fraction of sp³-hybridized carbons (Fsp3) is 0.941. The Hall–Kier alpha value is -0.0800. The number of nitrogens with one attached hydrogen (secondary N) is 2. The number of hydrogen-bond acceptors (Lipinski definition) is 3. The summed E-state index contributed by atoms with van der Waals surface area (Å²) in [5.74, 6) is 2.27. The van der Waals surface area contributed by atoms with Gasteiger partial charge in [-0.15, -0.1) is 24.0 Å². The molecule has 0 amide bonds. The number of guanidine groups is 1. The molecule has 2 aliphatic heterocycles. The van der Waals surface area contributed by atoms with Crippen molar-refractivity contribution in [1.82, 2.24) is 10.6 Å². The highest BCUT2D eigenvalue weighted by Gasteiger charge is 2.58. The van der Waals surface area contributed by atoms with E-state index in [9.17, 15) is 0 Å². The minimum absolute atomic E-state index is 0. The zero-order valence-electron chi connectivity index (χ0n) is 14.6. The first kappa shape index (κ1) is 19.2. The molecule has 0 bridgehead atoms. The average molecular weight is 437 g/mol. The lowest BCUT2D eigenvalue weighted by Gasteiger charge is -2.60. The lowest BCUT2D eigenvalue weighted by molar-refractivity contribution is -0.188. The zero-order valence-corrected chi connectivity index (χ0v) is 17.0. The van der Waals surface area contributed by atoms with Crippen molar-refractivity contribution in [2.24, 2.45) is 22.2 Å². The molecule has 1 aliphatic carbocycles. The van der Waals surface area contributed by atoms with E-state index in [0.717, 1.165) is 45.2 Å². The molecule has 3 fully saturated rings. The normalized spacial score (nSPS) is 33.9. The van der Waals surface area contributed by atoms with Crippen LogP contribution >= 0.6 is 24.0 Å². The molecule has 0 aromatic rings. The van der Waals surface area contributed by atoms with Crippen molar-refractivity contribution in [3.05, 3.63) is 0 Å². The Morgan fingerprint density at radius 1 is 1.17 bits per heavy atom. The second-order valence-corrected chi connectivity index (χ2v) is 7.55. The summed E-state index contributed by atoms with van der Waals surface area (Å²) in [6.45, 7) is 8.32. The topological polar surface area (TPSA) is 54.9 Å². The van der Waals surface area contributed by atoms with Gasteiger partial charge in [0.2, 0.25) is 0 Å². The van der Waals surface area contributed by atoms with Crippen LogP contribution in [-0.2, 0) is 9.47 Å². The van der Waals surface area contributed by atoms with Gasteiger partial charge in [-0.05, 0) is 31.6 Å². The van der Waals surface area contributed by atoms with Crippen molar-refractivity contribution in [2.45, 2.75) is 51.7 Å². The molecule has 0 aromatic heterocycles. The van der Waals surface area contributed by atoms with Gasteiger partial charge >= 0.3 is 0 Å².